The third kappa shape index (κ3) is 3.81. The second kappa shape index (κ2) is 6.70. The lowest BCUT2D eigenvalue weighted by atomic mass is 10.1. The number of aliphatic hydroxyl groups excluding tert-OH is 1. The van der Waals surface area contributed by atoms with Crippen molar-refractivity contribution >= 4 is 11.9 Å². The van der Waals surface area contributed by atoms with Crippen LogP contribution in [0, 0.1) is 5.82 Å². The maximum atomic E-state index is 12.8. The molecule has 1 aromatic rings. The van der Waals surface area contributed by atoms with E-state index in [0.29, 0.717) is 0 Å². The van der Waals surface area contributed by atoms with Crippen LogP contribution < -0.4 is 0 Å². The predicted molar refractivity (Wildman–Crippen MR) is 70.3 cm³/mol. The molecule has 0 saturated heterocycles. The molecule has 1 amide bonds. The summed E-state index contributed by atoms with van der Waals surface area (Å²) >= 11 is 0. The number of amides is 1. The van der Waals surface area contributed by atoms with E-state index in [2.05, 4.69) is 4.74 Å². The van der Waals surface area contributed by atoms with Gasteiger partial charge < -0.3 is 14.7 Å². The SMILES string of the molecule is COC(=O)C(O)=CC(=O)N(C)C(C)c1ccc(F)cc1. The van der Waals surface area contributed by atoms with Crippen molar-refractivity contribution < 1.29 is 23.8 Å². The van der Waals surface area contributed by atoms with Gasteiger partial charge in [-0.25, -0.2) is 9.18 Å². The van der Waals surface area contributed by atoms with E-state index in [1.807, 2.05) is 0 Å². The molecule has 0 bridgehead atoms. The van der Waals surface area contributed by atoms with Crippen molar-refractivity contribution in [3.8, 4) is 0 Å². The summed E-state index contributed by atoms with van der Waals surface area (Å²) in [5, 5.41) is 9.32. The topological polar surface area (TPSA) is 66.8 Å². The molecular formula is C14H16FNO4. The zero-order valence-electron chi connectivity index (χ0n) is 11.5. The number of rotatable bonds is 4. The molecule has 1 aromatic carbocycles. The number of carbonyl (C=O) groups excluding carboxylic acids is 2. The minimum Gasteiger partial charge on any atom is -0.502 e. The molecule has 108 valence electrons. The average Bonchev–Trinajstić information content (AvgIpc) is 2.45. The van der Waals surface area contributed by atoms with Crippen LogP contribution >= 0.6 is 0 Å². The maximum absolute atomic E-state index is 12.8. The van der Waals surface area contributed by atoms with Gasteiger partial charge in [0.05, 0.1) is 19.2 Å². The highest BCUT2D eigenvalue weighted by molar-refractivity contribution is 5.96. The van der Waals surface area contributed by atoms with Gasteiger partial charge in [0, 0.05) is 7.05 Å². The molecule has 0 aliphatic heterocycles. The smallest absolute Gasteiger partial charge is 0.373 e. The Bertz CT molecular complexity index is 524. The molecule has 0 spiro atoms. The number of hydrogen-bond donors (Lipinski definition) is 1. The molecular weight excluding hydrogens is 265 g/mol. The van der Waals surface area contributed by atoms with Gasteiger partial charge in [-0.2, -0.15) is 0 Å². The fraction of sp³-hybridized carbons (Fsp3) is 0.286. The molecule has 0 saturated carbocycles. The zero-order valence-corrected chi connectivity index (χ0v) is 11.5. The van der Waals surface area contributed by atoms with Crippen LogP contribution in [0.1, 0.15) is 18.5 Å². The predicted octanol–water partition coefficient (Wildman–Crippen LogP) is 1.96. The van der Waals surface area contributed by atoms with Crippen LogP contribution in [0.4, 0.5) is 4.39 Å². The Balaban J connectivity index is 2.83. The van der Waals surface area contributed by atoms with Gasteiger partial charge in [-0.05, 0) is 24.6 Å². The van der Waals surface area contributed by atoms with Crippen molar-refractivity contribution in [3.05, 3.63) is 47.5 Å². The van der Waals surface area contributed by atoms with Crippen LogP contribution in [0.15, 0.2) is 36.1 Å². The molecule has 0 heterocycles. The molecule has 0 fully saturated rings. The lowest BCUT2D eigenvalue weighted by molar-refractivity contribution is -0.139. The van der Waals surface area contributed by atoms with Gasteiger partial charge in [0.15, 0.2) is 0 Å². The first-order chi connectivity index (χ1) is 9.36. The van der Waals surface area contributed by atoms with Crippen LogP contribution in [0.5, 0.6) is 0 Å². The van der Waals surface area contributed by atoms with E-state index < -0.39 is 17.6 Å². The van der Waals surface area contributed by atoms with E-state index in [1.54, 1.807) is 19.1 Å². The number of benzene rings is 1. The standard InChI is InChI=1S/C14H16FNO4/c1-9(10-4-6-11(15)7-5-10)16(2)13(18)8-12(17)14(19)20-3/h4-9,17H,1-3H3. The van der Waals surface area contributed by atoms with Gasteiger partial charge in [-0.15, -0.1) is 0 Å². The number of ether oxygens (including phenoxy) is 1. The normalized spacial score (nSPS) is 12.7. The Morgan fingerprint density at radius 2 is 1.90 bits per heavy atom. The Morgan fingerprint density at radius 3 is 2.40 bits per heavy atom. The van der Waals surface area contributed by atoms with Crippen molar-refractivity contribution in [3.63, 3.8) is 0 Å². The van der Waals surface area contributed by atoms with Crippen LogP contribution in [-0.4, -0.2) is 36.0 Å². The third-order valence-corrected chi connectivity index (χ3v) is 2.94. The molecule has 1 rings (SSSR count). The summed E-state index contributed by atoms with van der Waals surface area (Å²) in [4.78, 5) is 24.2. The van der Waals surface area contributed by atoms with E-state index in [9.17, 15) is 19.1 Å². The molecule has 6 heteroatoms. The van der Waals surface area contributed by atoms with Crippen molar-refractivity contribution in [2.45, 2.75) is 13.0 Å². The zero-order chi connectivity index (χ0) is 15.3. The quantitative estimate of drug-likeness (QED) is 0.520. The van der Waals surface area contributed by atoms with Crippen molar-refractivity contribution in [2.24, 2.45) is 0 Å². The Labute approximate surface area is 116 Å². The molecule has 0 aliphatic rings. The van der Waals surface area contributed by atoms with Crippen LogP contribution in [0.2, 0.25) is 0 Å². The Kier molecular flexibility index (Phi) is 5.25. The van der Waals surface area contributed by atoms with E-state index in [1.165, 1.54) is 24.1 Å². The molecule has 1 unspecified atom stereocenters. The van der Waals surface area contributed by atoms with E-state index >= 15 is 0 Å². The fourth-order valence-corrected chi connectivity index (χ4v) is 1.54. The first-order valence-corrected chi connectivity index (χ1v) is 5.88. The number of esters is 1. The summed E-state index contributed by atoms with van der Waals surface area (Å²) in [6, 6.07) is 5.38. The second-order valence-electron chi connectivity index (χ2n) is 4.20. The van der Waals surface area contributed by atoms with Crippen molar-refractivity contribution in [1.29, 1.82) is 0 Å². The van der Waals surface area contributed by atoms with E-state index in [-0.39, 0.29) is 11.9 Å². The highest BCUT2D eigenvalue weighted by Gasteiger charge is 2.18. The van der Waals surface area contributed by atoms with Gasteiger partial charge in [0.25, 0.3) is 5.91 Å². The molecule has 5 nitrogen and oxygen atoms in total. The van der Waals surface area contributed by atoms with E-state index in [0.717, 1.165) is 18.7 Å². The Hall–Kier alpha value is -2.37. The highest BCUT2D eigenvalue weighted by atomic mass is 19.1. The van der Waals surface area contributed by atoms with Gasteiger partial charge in [0.2, 0.25) is 5.76 Å². The summed E-state index contributed by atoms with van der Waals surface area (Å²) in [5.41, 5.74) is 0.730. The number of hydrogen-bond acceptors (Lipinski definition) is 4. The van der Waals surface area contributed by atoms with Gasteiger partial charge in [0.1, 0.15) is 5.82 Å². The van der Waals surface area contributed by atoms with Crippen LogP contribution in [-0.2, 0) is 14.3 Å². The molecule has 0 aromatic heterocycles. The third-order valence-electron chi connectivity index (χ3n) is 2.94. The van der Waals surface area contributed by atoms with Crippen LogP contribution in [0.25, 0.3) is 0 Å². The number of likely N-dealkylation sites (N-methyl/N-ethyl adjacent to an activating group) is 1. The summed E-state index contributed by atoms with van der Waals surface area (Å²) < 4.78 is 17.1. The van der Waals surface area contributed by atoms with Gasteiger partial charge in [-0.3, -0.25) is 4.79 Å². The largest absolute Gasteiger partial charge is 0.502 e. The van der Waals surface area contributed by atoms with Crippen molar-refractivity contribution in [1.82, 2.24) is 4.90 Å². The monoisotopic (exact) mass is 281 g/mol. The van der Waals surface area contributed by atoms with Crippen molar-refractivity contribution in [2.75, 3.05) is 14.2 Å². The summed E-state index contributed by atoms with van der Waals surface area (Å²) in [6.45, 7) is 1.74. The van der Waals surface area contributed by atoms with Gasteiger partial charge in [-0.1, -0.05) is 12.1 Å². The number of methoxy groups -OCH3 is 1. The van der Waals surface area contributed by atoms with Crippen LogP contribution in [0.3, 0.4) is 0 Å². The number of nitrogens with zero attached hydrogens (tertiary/aromatic N) is 1. The number of halogens is 1. The first-order valence-electron chi connectivity index (χ1n) is 5.88. The molecule has 20 heavy (non-hydrogen) atoms. The maximum Gasteiger partial charge on any atom is 0.373 e. The minimum absolute atomic E-state index is 0.343. The lowest BCUT2D eigenvalue weighted by Crippen LogP contribution is -2.28. The highest BCUT2D eigenvalue weighted by Crippen LogP contribution is 2.19. The summed E-state index contributed by atoms with van der Waals surface area (Å²) in [7, 11) is 2.61. The lowest BCUT2D eigenvalue weighted by Gasteiger charge is -2.24. The number of aliphatic hydroxyl groups is 1. The summed E-state index contributed by atoms with van der Waals surface area (Å²) in [5.74, 6) is -2.68. The molecule has 1 atom stereocenters. The number of carbonyl (C=O) groups is 2. The molecule has 1 N–H and O–H groups in total. The first kappa shape index (κ1) is 15.7. The van der Waals surface area contributed by atoms with Gasteiger partial charge >= 0.3 is 5.97 Å². The summed E-state index contributed by atoms with van der Waals surface area (Å²) in [6.07, 6.45) is 0.784. The molecule has 0 aliphatic carbocycles. The molecule has 0 radical (unpaired) electrons. The van der Waals surface area contributed by atoms with E-state index in [4.69, 9.17) is 0 Å². The average molecular weight is 281 g/mol. The minimum atomic E-state index is -0.985. The fourth-order valence-electron chi connectivity index (χ4n) is 1.54. The Morgan fingerprint density at radius 1 is 1.35 bits per heavy atom. The second-order valence-corrected chi connectivity index (χ2v) is 4.20.